The second kappa shape index (κ2) is 7.14. The van der Waals surface area contributed by atoms with Gasteiger partial charge in [0.05, 0.1) is 11.5 Å². The van der Waals surface area contributed by atoms with Gasteiger partial charge in [0.25, 0.3) is 5.91 Å². The molecule has 1 aromatic heterocycles. The van der Waals surface area contributed by atoms with E-state index in [1.807, 2.05) is 0 Å². The third-order valence-corrected chi connectivity index (χ3v) is 5.62. The molecule has 1 aliphatic heterocycles. The van der Waals surface area contributed by atoms with Crippen LogP contribution in [0.2, 0.25) is 0 Å². The largest absolute Gasteiger partial charge is 0.366 e. The molecule has 0 aliphatic carbocycles. The fourth-order valence-corrected chi connectivity index (χ4v) is 4.23. The van der Waals surface area contributed by atoms with E-state index in [4.69, 9.17) is 0 Å². The van der Waals surface area contributed by atoms with Gasteiger partial charge in [0.1, 0.15) is 23.7 Å². The topological polar surface area (TPSA) is 101 Å². The van der Waals surface area contributed by atoms with Crippen LogP contribution < -0.4 is 10.6 Å². The third kappa shape index (κ3) is 4.72. The van der Waals surface area contributed by atoms with Crippen LogP contribution in [0.3, 0.4) is 0 Å². The molecule has 1 amide bonds. The van der Waals surface area contributed by atoms with Crippen LogP contribution in [-0.2, 0) is 16.4 Å². The number of aromatic nitrogens is 2. The first-order chi connectivity index (χ1) is 11.9. The Kier molecular flexibility index (Phi) is 4.93. The van der Waals surface area contributed by atoms with E-state index in [0.717, 1.165) is 5.56 Å². The van der Waals surface area contributed by atoms with Gasteiger partial charge >= 0.3 is 0 Å². The van der Waals surface area contributed by atoms with Crippen molar-refractivity contribution >= 4 is 21.6 Å². The number of carbonyl (C=O) groups excluding carboxylic acids is 1. The first-order valence-electron chi connectivity index (χ1n) is 7.73. The second-order valence-electron chi connectivity index (χ2n) is 5.84. The summed E-state index contributed by atoms with van der Waals surface area (Å²) < 4.78 is 35.8. The summed E-state index contributed by atoms with van der Waals surface area (Å²) in [5, 5.41) is 5.71. The smallest absolute Gasteiger partial charge is 0.270 e. The quantitative estimate of drug-likeness (QED) is 0.825. The van der Waals surface area contributed by atoms with Gasteiger partial charge in [0, 0.05) is 18.7 Å². The van der Waals surface area contributed by atoms with E-state index in [0.29, 0.717) is 12.2 Å². The van der Waals surface area contributed by atoms with E-state index in [1.54, 1.807) is 12.1 Å². The zero-order valence-corrected chi connectivity index (χ0v) is 14.1. The number of nitrogens with zero attached hydrogens (tertiary/aromatic N) is 2. The SMILES string of the molecule is O=C(NCc1ccc(F)cc1)c1cc(NC2CCS(=O)(=O)C2)ncn1. The predicted octanol–water partition coefficient (Wildman–Crippen LogP) is 1.14. The van der Waals surface area contributed by atoms with E-state index in [-0.39, 0.29) is 35.6 Å². The second-order valence-corrected chi connectivity index (χ2v) is 8.07. The maximum atomic E-state index is 12.9. The highest BCUT2D eigenvalue weighted by atomic mass is 32.2. The number of rotatable bonds is 5. The van der Waals surface area contributed by atoms with Crippen molar-refractivity contribution in [2.45, 2.75) is 19.0 Å². The molecule has 1 aromatic carbocycles. The van der Waals surface area contributed by atoms with Gasteiger partial charge < -0.3 is 10.6 Å². The lowest BCUT2D eigenvalue weighted by molar-refractivity contribution is 0.0945. The molecule has 9 heteroatoms. The number of amides is 1. The number of benzene rings is 1. The molecule has 3 rings (SSSR count). The van der Waals surface area contributed by atoms with Gasteiger partial charge in [-0.05, 0) is 24.1 Å². The molecule has 132 valence electrons. The lowest BCUT2D eigenvalue weighted by Gasteiger charge is -2.12. The number of carbonyl (C=O) groups is 1. The maximum absolute atomic E-state index is 12.9. The molecule has 1 aliphatic rings. The van der Waals surface area contributed by atoms with Gasteiger partial charge in [0.15, 0.2) is 9.84 Å². The molecule has 1 atom stereocenters. The molecule has 1 saturated heterocycles. The van der Waals surface area contributed by atoms with Crippen molar-refractivity contribution in [2.24, 2.45) is 0 Å². The number of nitrogens with one attached hydrogen (secondary N) is 2. The molecule has 1 unspecified atom stereocenters. The van der Waals surface area contributed by atoms with Crippen LogP contribution in [0.5, 0.6) is 0 Å². The summed E-state index contributed by atoms with van der Waals surface area (Å²) in [4.78, 5) is 20.1. The summed E-state index contributed by atoms with van der Waals surface area (Å²) in [5.41, 5.74) is 0.929. The first kappa shape index (κ1) is 17.3. The van der Waals surface area contributed by atoms with E-state index in [9.17, 15) is 17.6 Å². The summed E-state index contributed by atoms with van der Waals surface area (Å²) in [7, 11) is -3.00. The number of anilines is 1. The van der Waals surface area contributed by atoms with Crippen LogP contribution in [0.25, 0.3) is 0 Å². The van der Waals surface area contributed by atoms with Crippen LogP contribution in [0.15, 0.2) is 36.7 Å². The molecule has 2 heterocycles. The first-order valence-corrected chi connectivity index (χ1v) is 9.55. The van der Waals surface area contributed by atoms with E-state index < -0.39 is 15.7 Å². The summed E-state index contributed by atoms with van der Waals surface area (Å²) >= 11 is 0. The van der Waals surface area contributed by atoms with Crippen LogP contribution in [0.1, 0.15) is 22.5 Å². The molecule has 0 bridgehead atoms. The van der Waals surface area contributed by atoms with Gasteiger partial charge in [0.2, 0.25) is 0 Å². The summed E-state index contributed by atoms with van der Waals surface area (Å²) in [6.07, 6.45) is 1.76. The third-order valence-electron chi connectivity index (χ3n) is 3.85. The minimum atomic E-state index is -3.00. The maximum Gasteiger partial charge on any atom is 0.270 e. The molecule has 7 nitrogen and oxygen atoms in total. The van der Waals surface area contributed by atoms with Gasteiger partial charge in [-0.25, -0.2) is 22.8 Å². The normalized spacial score (nSPS) is 18.7. The number of halogens is 1. The molecule has 0 spiro atoms. The van der Waals surface area contributed by atoms with Crippen LogP contribution in [0, 0.1) is 5.82 Å². The molecule has 25 heavy (non-hydrogen) atoms. The van der Waals surface area contributed by atoms with Crippen molar-refractivity contribution < 1.29 is 17.6 Å². The van der Waals surface area contributed by atoms with Crippen molar-refractivity contribution in [2.75, 3.05) is 16.8 Å². The van der Waals surface area contributed by atoms with Gasteiger partial charge in [-0.1, -0.05) is 12.1 Å². The van der Waals surface area contributed by atoms with Crippen molar-refractivity contribution in [3.05, 3.63) is 53.7 Å². The number of hydrogen-bond donors (Lipinski definition) is 2. The number of sulfone groups is 1. The van der Waals surface area contributed by atoms with Crippen molar-refractivity contribution in [1.29, 1.82) is 0 Å². The number of hydrogen-bond acceptors (Lipinski definition) is 6. The molecule has 2 N–H and O–H groups in total. The average Bonchev–Trinajstić information content (AvgIpc) is 2.93. The highest BCUT2D eigenvalue weighted by Crippen LogP contribution is 2.16. The van der Waals surface area contributed by atoms with Crippen molar-refractivity contribution in [3.63, 3.8) is 0 Å². The Labute approximate surface area is 144 Å². The molecule has 0 radical (unpaired) electrons. The van der Waals surface area contributed by atoms with E-state index in [1.165, 1.54) is 24.5 Å². The highest BCUT2D eigenvalue weighted by Gasteiger charge is 2.28. The zero-order chi connectivity index (χ0) is 17.9. The zero-order valence-electron chi connectivity index (χ0n) is 13.3. The summed E-state index contributed by atoms with van der Waals surface area (Å²) in [5.74, 6) is -0.113. The highest BCUT2D eigenvalue weighted by molar-refractivity contribution is 7.91. The molecule has 2 aromatic rings. The fourth-order valence-electron chi connectivity index (χ4n) is 2.55. The van der Waals surface area contributed by atoms with Crippen molar-refractivity contribution in [1.82, 2.24) is 15.3 Å². The fraction of sp³-hybridized carbons (Fsp3) is 0.312. The van der Waals surface area contributed by atoms with Gasteiger partial charge in [-0.2, -0.15) is 0 Å². The minimum Gasteiger partial charge on any atom is -0.366 e. The molecular formula is C16H17FN4O3S. The predicted molar refractivity (Wildman–Crippen MR) is 90.3 cm³/mol. The summed E-state index contributed by atoms with van der Waals surface area (Å²) in [6.45, 7) is 0.243. The van der Waals surface area contributed by atoms with Crippen LogP contribution >= 0.6 is 0 Å². The Morgan fingerprint density at radius 3 is 2.68 bits per heavy atom. The monoisotopic (exact) mass is 364 g/mol. The molecular weight excluding hydrogens is 347 g/mol. The standard InChI is InChI=1S/C16H17FN4O3S/c17-12-3-1-11(2-4-12)8-18-16(22)14-7-15(20-10-19-14)21-13-5-6-25(23,24)9-13/h1-4,7,10,13H,5-6,8-9H2,(H,18,22)(H,19,20,21). The Balaban J connectivity index is 1.60. The minimum absolute atomic E-state index is 0.0586. The van der Waals surface area contributed by atoms with E-state index in [2.05, 4.69) is 20.6 Å². The average molecular weight is 364 g/mol. The Bertz CT molecular complexity index is 871. The Morgan fingerprint density at radius 2 is 2.00 bits per heavy atom. The molecule has 1 fully saturated rings. The van der Waals surface area contributed by atoms with E-state index >= 15 is 0 Å². The van der Waals surface area contributed by atoms with Crippen LogP contribution in [0.4, 0.5) is 10.2 Å². The lowest BCUT2D eigenvalue weighted by Crippen LogP contribution is -2.25. The molecule has 0 saturated carbocycles. The Hall–Kier alpha value is -2.55. The lowest BCUT2D eigenvalue weighted by atomic mass is 10.2. The van der Waals surface area contributed by atoms with Crippen LogP contribution in [-0.4, -0.2) is 41.8 Å². The van der Waals surface area contributed by atoms with Gasteiger partial charge in [-0.15, -0.1) is 0 Å². The van der Waals surface area contributed by atoms with Crippen molar-refractivity contribution in [3.8, 4) is 0 Å². The Morgan fingerprint density at radius 1 is 1.24 bits per heavy atom. The van der Waals surface area contributed by atoms with Gasteiger partial charge in [-0.3, -0.25) is 4.79 Å². The summed E-state index contributed by atoms with van der Waals surface area (Å²) in [6, 6.07) is 7.08.